The molecule has 0 fully saturated rings. The van der Waals surface area contributed by atoms with E-state index in [0.717, 1.165) is 4.90 Å². The molecule has 0 aliphatic rings. The largest absolute Gasteiger partial charge is 0.497 e. The van der Waals surface area contributed by atoms with Crippen LogP contribution in [-0.2, 0) is 14.4 Å². The van der Waals surface area contributed by atoms with Gasteiger partial charge in [0, 0.05) is 4.90 Å². The maximum Gasteiger partial charge on any atom is 0.326 e. The summed E-state index contributed by atoms with van der Waals surface area (Å²) in [6.45, 7) is 3.50. The Balaban J connectivity index is 2.37. The van der Waals surface area contributed by atoms with E-state index in [1.165, 1.54) is 11.8 Å². The van der Waals surface area contributed by atoms with Crippen molar-refractivity contribution in [2.24, 2.45) is 5.92 Å². The van der Waals surface area contributed by atoms with Crippen LogP contribution in [0.5, 0.6) is 5.75 Å². The number of carbonyl (C=O) groups excluding carboxylic acids is 2. The van der Waals surface area contributed by atoms with Gasteiger partial charge in [-0.15, -0.1) is 11.8 Å². The Hall–Kier alpha value is -2.22. The van der Waals surface area contributed by atoms with Crippen LogP contribution in [0, 0.1) is 5.92 Å². The standard InChI is InChI=1S/C17H24N2O5S/c1-11(2)7-14(17(22)23)19-15(20)9-18-16(21)10-25-13-6-4-5-12(8-13)24-3/h4-6,8,11,14H,7,9-10H2,1-3H3,(H,18,21)(H,19,20)(H,22,23)/t14-/m0/s1. The second-order valence-electron chi connectivity index (χ2n) is 5.83. The Morgan fingerprint density at radius 1 is 1.24 bits per heavy atom. The summed E-state index contributed by atoms with van der Waals surface area (Å²) in [5, 5.41) is 14.0. The summed E-state index contributed by atoms with van der Waals surface area (Å²) >= 11 is 1.32. The second-order valence-corrected chi connectivity index (χ2v) is 6.88. The van der Waals surface area contributed by atoms with Gasteiger partial charge >= 0.3 is 5.97 Å². The molecule has 0 spiro atoms. The number of carboxylic acids is 1. The van der Waals surface area contributed by atoms with Crippen molar-refractivity contribution in [2.75, 3.05) is 19.4 Å². The molecule has 0 aliphatic carbocycles. The maximum atomic E-state index is 11.8. The molecule has 0 radical (unpaired) electrons. The average molecular weight is 368 g/mol. The van der Waals surface area contributed by atoms with Crippen LogP contribution in [0.4, 0.5) is 0 Å². The van der Waals surface area contributed by atoms with Crippen molar-refractivity contribution in [2.45, 2.75) is 31.2 Å². The highest BCUT2D eigenvalue weighted by atomic mass is 32.2. The summed E-state index contributed by atoms with van der Waals surface area (Å²) < 4.78 is 5.11. The molecule has 0 heterocycles. The van der Waals surface area contributed by atoms with Crippen LogP contribution < -0.4 is 15.4 Å². The first kappa shape index (κ1) is 20.8. The Bertz CT molecular complexity index is 606. The van der Waals surface area contributed by atoms with Gasteiger partial charge in [0.05, 0.1) is 19.4 Å². The molecule has 8 heteroatoms. The molecule has 1 atom stereocenters. The Morgan fingerprint density at radius 2 is 1.96 bits per heavy atom. The summed E-state index contributed by atoms with van der Waals surface area (Å²) in [4.78, 5) is 35.6. The molecule has 0 aromatic heterocycles. The lowest BCUT2D eigenvalue weighted by molar-refractivity contribution is -0.142. The number of rotatable bonds is 10. The van der Waals surface area contributed by atoms with Crippen molar-refractivity contribution >= 4 is 29.5 Å². The van der Waals surface area contributed by atoms with Crippen LogP contribution >= 0.6 is 11.8 Å². The Kier molecular flexibility index (Phi) is 8.83. The van der Waals surface area contributed by atoms with E-state index in [4.69, 9.17) is 9.84 Å². The Morgan fingerprint density at radius 3 is 2.56 bits per heavy atom. The SMILES string of the molecule is COc1cccc(SCC(=O)NCC(=O)N[C@@H](CC(C)C)C(=O)O)c1. The maximum absolute atomic E-state index is 11.8. The number of benzene rings is 1. The lowest BCUT2D eigenvalue weighted by Gasteiger charge is -2.16. The van der Waals surface area contributed by atoms with E-state index in [1.807, 2.05) is 38.1 Å². The number of ether oxygens (including phenoxy) is 1. The number of hydrogen-bond acceptors (Lipinski definition) is 5. The zero-order valence-corrected chi connectivity index (χ0v) is 15.4. The molecule has 0 saturated carbocycles. The van der Waals surface area contributed by atoms with Gasteiger partial charge < -0.3 is 20.5 Å². The summed E-state index contributed by atoms with van der Waals surface area (Å²) in [5.41, 5.74) is 0. The number of amides is 2. The molecule has 0 bridgehead atoms. The molecule has 0 saturated heterocycles. The molecule has 3 N–H and O–H groups in total. The van der Waals surface area contributed by atoms with Crippen molar-refractivity contribution in [1.82, 2.24) is 10.6 Å². The first-order valence-electron chi connectivity index (χ1n) is 7.87. The summed E-state index contributed by atoms with van der Waals surface area (Å²) in [6, 6.07) is 6.36. The molecule has 1 aromatic rings. The number of methoxy groups -OCH3 is 1. The topological polar surface area (TPSA) is 105 Å². The molecular weight excluding hydrogens is 344 g/mol. The number of nitrogens with one attached hydrogen (secondary N) is 2. The highest BCUT2D eigenvalue weighted by molar-refractivity contribution is 8.00. The predicted octanol–water partition coefficient (Wildman–Crippen LogP) is 1.52. The zero-order valence-electron chi connectivity index (χ0n) is 14.6. The minimum atomic E-state index is -1.08. The van der Waals surface area contributed by atoms with Crippen LogP contribution in [-0.4, -0.2) is 48.3 Å². The molecule has 7 nitrogen and oxygen atoms in total. The van der Waals surface area contributed by atoms with Crippen molar-refractivity contribution < 1.29 is 24.2 Å². The molecule has 0 unspecified atom stereocenters. The fraction of sp³-hybridized carbons (Fsp3) is 0.471. The van der Waals surface area contributed by atoms with Crippen molar-refractivity contribution in [3.63, 3.8) is 0 Å². The molecule has 2 amide bonds. The van der Waals surface area contributed by atoms with E-state index >= 15 is 0 Å². The smallest absolute Gasteiger partial charge is 0.326 e. The van der Waals surface area contributed by atoms with E-state index < -0.39 is 17.9 Å². The van der Waals surface area contributed by atoms with E-state index in [0.29, 0.717) is 12.2 Å². The minimum absolute atomic E-state index is 0.134. The van der Waals surface area contributed by atoms with E-state index in [9.17, 15) is 14.4 Å². The van der Waals surface area contributed by atoms with Crippen molar-refractivity contribution in [1.29, 1.82) is 0 Å². The average Bonchev–Trinajstić information content (AvgIpc) is 2.57. The van der Waals surface area contributed by atoms with E-state index in [2.05, 4.69) is 10.6 Å². The van der Waals surface area contributed by atoms with Gasteiger partial charge in [-0.05, 0) is 30.5 Å². The Labute approximate surface area is 151 Å². The highest BCUT2D eigenvalue weighted by Gasteiger charge is 2.21. The second kappa shape index (κ2) is 10.6. The number of carbonyl (C=O) groups is 3. The monoisotopic (exact) mass is 368 g/mol. The third-order valence-electron chi connectivity index (χ3n) is 3.20. The van der Waals surface area contributed by atoms with E-state index in [-0.39, 0.29) is 24.1 Å². The number of hydrogen-bond donors (Lipinski definition) is 3. The zero-order chi connectivity index (χ0) is 18.8. The fourth-order valence-electron chi connectivity index (χ4n) is 2.01. The summed E-state index contributed by atoms with van der Waals surface area (Å²) in [6.07, 6.45) is 0.334. The number of thioether (sulfide) groups is 1. The lowest BCUT2D eigenvalue weighted by Crippen LogP contribution is -2.46. The summed E-state index contributed by atoms with van der Waals surface area (Å²) in [5.74, 6) is -0.923. The lowest BCUT2D eigenvalue weighted by atomic mass is 10.0. The van der Waals surface area contributed by atoms with Gasteiger partial charge in [-0.1, -0.05) is 19.9 Å². The van der Waals surface area contributed by atoms with Gasteiger partial charge in [0.15, 0.2) is 0 Å². The predicted molar refractivity (Wildman–Crippen MR) is 95.7 cm³/mol. The van der Waals surface area contributed by atoms with Gasteiger partial charge in [-0.2, -0.15) is 0 Å². The molecular formula is C17H24N2O5S. The van der Waals surface area contributed by atoms with Crippen LogP contribution in [0.15, 0.2) is 29.2 Å². The normalized spacial score (nSPS) is 11.7. The molecule has 25 heavy (non-hydrogen) atoms. The van der Waals surface area contributed by atoms with Crippen LogP contribution in [0.3, 0.4) is 0 Å². The van der Waals surface area contributed by atoms with Gasteiger partial charge in [0.1, 0.15) is 11.8 Å². The van der Waals surface area contributed by atoms with Gasteiger partial charge in [0.25, 0.3) is 0 Å². The minimum Gasteiger partial charge on any atom is -0.497 e. The van der Waals surface area contributed by atoms with E-state index in [1.54, 1.807) is 7.11 Å². The first-order chi connectivity index (χ1) is 11.8. The quantitative estimate of drug-likeness (QED) is 0.541. The number of carboxylic acid groups (broad SMARTS) is 1. The molecule has 1 aromatic carbocycles. The number of aliphatic carboxylic acids is 1. The van der Waals surface area contributed by atoms with Gasteiger partial charge in [0.2, 0.25) is 11.8 Å². The van der Waals surface area contributed by atoms with Crippen LogP contribution in [0.25, 0.3) is 0 Å². The molecule has 0 aliphatic heterocycles. The third kappa shape index (κ3) is 8.44. The molecule has 138 valence electrons. The van der Waals surface area contributed by atoms with Crippen LogP contribution in [0.1, 0.15) is 20.3 Å². The first-order valence-corrected chi connectivity index (χ1v) is 8.86. The summed E-state index contributed by atoms with van der Waals surface area (Å²) in [7, 11) is 1.57. The highest BCUT2D eigenvalue weighted by Crippen LogP contribution is 2.22. The molecule has 1 rings (SSSR count). The van der Waals surface area contributed by atoms with Gasteiger partial charge in [-0.25, -0.2) is 4.79 Å². The fourth-order valence-corrected chi connectivity index (χ4v) is 2.78. The van der Waals surface area contributed by atoms with Gasteiger partial charge in [-0.3, -0.25) is 9.59 Å². The van der Waals surface area contributed by atoms with Crippen molar-refractivity contribution in [3.8, 4) is 5.75 Å². The van der Waals surface area contributed by atoms with Crippen molar-refractivity contribution in [3.05, 3.63) is 24.3 Å². The third-order valence-corrected chi connectivity index (χ3v) is 4.19. The van der Waals surface area contributed by atoms with Crippen LogP contribution in [0.2, 0.25) is 0 Å².